The van der Waals surface area contributed by atoms with Gasteiger partial charge in [-0.3, -0.25) is 0 Å². The Morgan fingerprint density at radius 1 is 1.45 bits per heavy atom. The van der Waals surface area contributed by atoms with Crippen molar-refractivity contribution in [3.8, 4) is 0 Å². The summed E-state index contributed by atoms with van der Waals surface area (Å²) in [5.74, 6) is 0.421. The zero-order valence-corrected chi connectivity index (χ0v) is 14.0. The Balaban J connectivity index is 2.04. The Bertz CT molecular complexity index is 436. The molecule has 4 heteroatoms. The number of aliphatic hydroxyl groups excluding tert-OH is 1. The van der Waals surface area contributed by atoms with E-state index in [0.717, 1.165) is 30.5 Å². The minimum atomic E-state index is 0.300. The number of nitrogens with one attached hydrogen (secondary N) is 1. The fourth-order valence-corrected chi connectivity index (χ4v) is 3.15. The molecule has 0 spiro atoms. The van der Waals surface area contributed by atoms with E-state index in [1.165, 1.54) is 17.7 Å². The van der Waals surface area contributed by atoms with E-state index >= 15 is 0 Å². The molecule has 0 bridgehead atoms. The van der Waals surface area contributed by atoms with Crippen LogP contribution in [0.15, 0.2) is 22.7 Å². The molecular weight excluding hydrogens is 316 g/mol. The van der Waals surface area contributed by atoms with Gasteiger partial charge in [0.25, 0.3) is 0 Å². The lowest BCUT2D eigenvalue weighted by molar-refractivity contribution is 0.208. The Hall–Kier alpha value is -0.580. The van der Waals surface area contributed by atoms with Crippen molar-refractivity contribution >= 4 is 21.6 Å². The predicted molar refractivity (Wildman–Crippen MR) is 88.1 cm³/mol. The summed E-state index contributed by atoms with van der Waals surface area (Å²) in [6.07, 6.45) is 2.31. The number of halogens is 1. The molecule has 0 saturated carbocycles. The molecule has 1 fully saturated rings. The summed E-state index contributed by atoms with van der Waals surface area (Å²) in [5, 5.41) is 12.8. The molecule has 20 heavy (non-hydrogen) atoms. The summed E-state index contributed by atoms with van der Waals surface area (Å²) in [5.41, 5.74) is 2.54. The maximum absolute atomic E-state index is 9.33. The first-order valence-electron chi connectivity index (χ1n) is 7.47. The molecule has 2 rings (SSSR count). The van der Waals surface area contributed by atoms with Crippen LogP contribution in [0.25, 0.3) is 0 Å². The Labute approximate surface area is 130 Å². The second kappa shape index (κ2) is 7.43. The number of piperidine rings is 1. The molecule has 112 valence electrons. The van der Waals surface area contributed by atoms with Crippen molar-refractivity contribution in [1.82, 2.24) is 5.32 Å². The highest BCUT2D eigenvalue weighted by Crippen LogP contribution is 2.27. The zero-order chi connectivity index (χ0) is 14.5. The third-order valence-electron chi connectivity index (χ3n) is 3.88. The van der Waals surface area contributed by atoms with Crippen LogP contribution in [0.4, 0.5) is 5.69 Å². The second-order valence-electron chi connectivity index (χ2n) is 5.95. The van der Waals surface area contributed by atoms with Crippen molar-refractivity contribution in [1.29, 1.82) is 0 Å². The van der Waals surface area contributed by atoms with Crippen LogP contribution in [0.5, 0.6) is 0 Å². The quantitative estimate of drug-likeness (QED) is 0.864. The van der Waals surface area contributed by atoms with Crippen molar-refractivity contribution in [2.75, 3.05) is 24.6 Å². The van der Waals surface area contributed by atoms with Crippen LogP contribution in [0.1, 0.15) is 32.3 Å². The molecule has 1 unspecified atom stereocenters. The second-order valence-corrected chi connectivity index (χ2v) is 6.80. The number of aliphatic hydroxyl groups is 1. The lowest BCUT2D eigenvalue weighted by Crippen LogP contribution is -2.36. The molecule has 1 atom stereocenters. The summed E-state index contributed by atoms with van der Waals surface area (Å²) >= 11 is 3.68. The van der Waals surface area contributed by atoms with Gasteiger partial charge >= 0.3 is 0 Å². The number of rotatable bonds is 5. The van der Waals surface area contributed by atoms with E-state index in [1.54, 1.807) is 0 Å². The van der Waals surface area contributed by atoms with Crippen molar-refractivity contribution in [3.05, 3.63) is 28.2 Å². The molecule has 2 N–H and O–H groups in total. The van der Waals surface area contributed by atoms with E-state index in [2.05, 4.69) is 58.2 Å². The molecule has 1 heterocycles. The standard InChI is InChI=1S/C16H25BrN2O/c1-12(2)18-9-14-5-6-15(8-16(14)17)19-7-3-4-13(10-19)11-20/h5-6,8,12-13,18,20H,3-4,7,9-11H2,1-2H3. The third kappa shape index (κ3) is 4.21. The summed E-state index contributed by atoms with van der Waals surface area (Å²) < 4.78 is 1.16. The van der Waals surface area contributed by atoms with Gasteiger partial charge in [0, 0.05) is 42.4 Å². The SMILES string of the molecule is CC(C)NCc1ccc(N2CCCC(CO)C2)cc1Br. The Morgan fingerprint density at radius 2 is 2.25 bits per heavy atom. The molecular formula is C16H25BrN2O. The van der Waals surface area contributed by atoms with Crippen LogP contribution >= 0.6 is 15.9 Å². The number of anilines is 1. The highest BCUT2D eigenvalue weighted by atomic mass is 79.9. The van der Waals surface area contributed by atoms with Gasteiger partial charge in [-0.2, -0.15) is 0 Å². The minimum Gasteiger partial charge on any atom is -0.396 e. The van der Waals surface area contributed by atoms with E-state index in [4.69, 9.17) is 0 Å². The van der Waals surface area contributed by atoms with Gasteiger partial charge in [0.05, 0.1) is 0 Å². The fourth-order valence-electron chi connectivity index (χ4n) is 2.64. The van der Waals surface area contributed by atoms with Crippen LogP contribution in [0.2, 0.25) is 0 Å². The van der Waals surface area contributed by atoms with Crippen LogP contribution < -0.4 is 10.2 Å². The van der Waals surface area contributed by atoms with Crippen molar-refractivity contribution in [2.45, 2.75) is 39.3 Å². The Morgan fingerprint density at radius 3 is 2.90 bits per heavy atom. The van der Waals surface area contributed by atoms with Gasteiger partial charge in [0.2, 0.25) is 0 Å². The van der Waals surface area contributed by atoms with Crippen molar-refractivity contribution in [2.24, 2.45) is 5.92 Å². The number of benzene rings is 1. The largest absolute Gasteiger partial charge is 0.396 e. The Kier molecular flexibility index (Phi) is 5.87. The fraction of sp³-hybridized carbons (Fsp3) is 0.625. The minimum absolute atomic E-state index is 0.300. The molecule has 0 aliphatic carbocycles. The summed E-state index contributed by atoms with van der Waals surface area (Å²) in [7, 11) is 0. The van der Waals surface area contributed by atoms with E-state index < -0.39 is 0 Å². The lowest BCUT2D eigenvalue weighted by atomic mass is 9.98. The maximum atomic E-state index is 9.33. The van der Waals surface area contributed by atoms with Crippen LogP contribution in [0.3, 0.4) is 0 Å². The van der Waals surface area contributed by atoms with Gasteiger partial charge in [-0.25, -0.2) is 0 Å². The van der Waals surface area contributed by atoms with E-state index in [0.29, 0.717) is 18.6 Å². The molecule has 1 aliphatic rings. The highest BCUT2D eigenvalue weighted by molar-refractivity contribution is 9.10. The van der Waals surface area contributed by atoms with Crippen molar-refractivity contribution in [3.63, 3.8) is 0 Å². The van der Waals surface area contributed by atoms with E-state index in [9.17, 15) is 5.11 Å². The van der Waals surface area contributed by atoms with Gasteiger partial charge in [0.1, 0.15) is 0 Å². The zero-order valence-electron chi connectivity index (χ0n) is 12.4. The summed E-state index contributed by atoms with van der Waals surface area (Å²) in [4.78, 5) is 2.38. The van der Waals surface area contributed by atoms with Gasteiger partial charge in [-0.05, 0) is 36.5 Å². The smallest absolute Gasteiger partial charge is 0.0476 e. The molecule has 0 aromatic heterocycles. The molecule has 1 aromatic carbocycles. The molecule has 0 radical (unpaired) electrons. The summed E-state index contributed by atoms with van der Waals surface area (Å²) in [6.45, 7) is 7.56. The maximum Gasteiger partial charge on any atom is 0.0476 e. The van der Waals surface area contributed by atoms with E-state index in [-0.39, 0.29) is 0 Å². The number of nitrogens with zero attached hydrogens (tertiary/aromatic N) is 1. The average molecular weight is 341 g/mol. The first-order valence-corrected chi connectivity index (χ1v) is 8.27. The average Bonchev–Trinajstić information content (AvgIpc) is 2.46. The van der Waals surface area contributed by atoms with Gasteiger partial charge < -0.3 is 15.3 Å². The van der Waals surface area contributed by atoms with Gasteiger partial charge in [0.15, 0.2) is 0 Å². The molecule has 0 amide bonds. The van der Waals surface area contributed by atoms with Crippen LogP contribution in [-0.2, 0) is 6.54 Å². The normalized spacial score (nSPS) is 19.6. The van der Waals surface area contributed by atoms with Crippen LogP contribution in [0, 0.1) is 5.92 Å². The topological polar surface area (TPSA) is 35.5 Å². The molecule has 1 aromatic rings. The molecule has 1 saturated heterocycles. The molecule has 1 aliphatic heterocycles. The first kappa shape index (κ1) is 15.8. The van der Waals surface area contributed by atoms with E-state index in [1.807, 2.05) is 0 Å². The van der Waals surface area contributed by atoms with Crippen LogP contribution in [-0.4, -0.2) is 30.8 Å². The highest BCUT2D eigenvalue weighted by Gasteiger charge is 2.19. The predicted octanol–water partition coefficient (Wildman–Crippen LogP) is 3.16. The van der Waals surface area contributed by atoms with Gasteiger partial charge in [-0.15, -0.1) is 0 Å². The number of hydrogen-bond donors (Lipinski definition) is 2. The monoisotopic (exact) mass is 340 g/mol. The summed E-state index contributed by atoms with van der Waals surface area (Å²) in [6, 6.07) is 7.09. The lowest BCUT2D eigenvalue weighted by Gasteiger charge is -2.34. The molecule has 3 nitrogen and oxygen atoms in total. The third-order valence-corrected chi connectivity index (χ3v) is 4.62. The van der Waals surface area contributed by atoms with Crippen molar-refractivity contribution < 1.29 is 5.11 Å². The number of hydrogen-bond acceptors (Lipinski definition) is 3. The first-order chi connectivity index (χ1) is 9.60. The van der Waals surface area contributed by atoms with Gasteiger partial charge in [-0.1, -0.05) is 35.8 Å².